The van der Waals surface area contributed by atoms with Crippen LogP contribution in [-0.4, -0.2) is 25.9 Å². The van der Waals surface area contributed by atoms with Crippen LogP contribution in [0, 0.1) is 0 Å². The number of rotatable bonds is 8. The molecule has 3 aromatic rings. The van der Waals surface area contributed by atoms with Gasteiger partial charge in [-0.3, -0.25) is 0 Å². The number of halogens is 2. The fourth-order valence-corrected chi connectivity index (χ4v) is 3.46. The molecule has 0 spiro atoms. The van der Waals surface area contributed by atoms with E-state index in [2.05, 4.69) is 19.0 Å². The molecule has 0 heterocycles. The zero-order chi connectivity index (χ0) is 23.5. The van der Waals surface area contributed by atoms with Gasteiger partial charge in [-0.2, -0.15) is 0 Å². The van der Waals surface area contributed by atoms with Crippen LogP contribution in [0.4, 0.5) is 22.7 Å². The van der Waals surface area contributed by atoms with Crippen LogP contribution in [0.15, 0.2) is 60.7 Å². The SMILES string of the molecule is O=S(=O)([O-])Oc1cc(Nc2ccc(Cl)cc2)c(OS(=O)(=O)[O-])cc1Nc1ccc(Cl)cc1.[Na+].[Na+]. The van der Waals surface area contributed by atoms with Crippen LogP contribution >= 0.6 is 23.2 Å². The fraction of sp³-hybridized carbons (Fsp3) is 0. The summed E-state index contributed by atoms with van der Waals surface area (Å²) in [5.41, 5.74) is 0.368. The first-order valence-electron chi connectivity index (χ1n) is 8.42. The van der Waals surface area contributed by atoms with Crippen molar-refractivity contribution in [3.05, 3.63) is 70.7 Å². The first kappa shape index (κ1) is 31.3. The van der Waals surface area contributed by atoms with E-state index in [1.165, 1.54) is 48.5 Å². The molecule has 0 saturated carbocycles. The minimum atomic E-state index is -5.22. The third-order valence-electron chi connectivity index (χ3n) is 3.71. The Balaban J connectivity index is 0.00000289. The normalized spacial score (nSPS) is 10.9. The van der Waals surface area contributed by atoms with Gasteiger partial charge in [0.25, 0.3) is 20.8 Å². The molecule has 0 saturated heterocycles. The summed E-state index contributed by atoms with van der Waals surface area (Å²) in [6.45, 7) is 0. The maximum absolute atomic E-state index is 11.2. The molecule has 3 rings (SSSR count). The fourth-order valence-electron chi connectivity index (χ4n) is 2.49. The molecule has 10 nitrogen and oxygen atoms in total. The number of nitrogens with one attached hydrogen (secondary N) is 2. The average Bonchev–Trinajstić information content (AvgIpc) is 2.66. The quantitative estimate of drug-likeness (QED) is 0.181. The van der Waals surface area contributed by atoms with Crippen molar-refractivity contribution < 1.29 is 93.4 Å². The number of benzene rings is 3. The van der Waals surface area contributed by atoms with Gasteiger partial charge in [0.2, 0.25) is 0 Å². The largest absolute Gasteiger partial charge is 1.00 e. The molecular weight excluding hydrogens is 553 g/mol. The molecule has 0 aliphatic carbocycles. The summed E-state index contributed by atoms with van der Waals surface area (Å²) in [5, 5.41) is 6.31. The number of hydrogen-bond acceptors (Lipinski definition) is 10. The molecule has 0 aliphatic rings. The molecule has 0 aliphatic heterocycles. The molecular formula is C18H12Cl2N2Na2O8S2. The van der Waals surface area contributed by atoms with Gasteiger partial charge in [-0.15, -0.1) is 0 Å². The Morgan fingerprint density at radius 2 is 0.912 bits per heavy atom. The van der Waals surface area contributed by atoms with Gasteiger partial charge in [0.05, 0.1) is 11.4 Å². The topological polar surface area (TPSA) is 157 Å². The van der Waals surface area contributed by atoms with Gasteiger partial charge in [-0.05, 0) is 48.5 Å². The van der Waals surface area contributed by atoms with Crippen molar-refractivity contribution in [3.63, 3.8) is 0 Å². The number of hydrogen-bond donors (Lipinski definition) is 2. The van der Waals surface area contributed by atoms with Gasteiger partial charge in [-0.1, -0.05) is 23.2 Å². The van der Waals surface area contributed by atoms with Gasteiger partial charge < -0.3 is 28.1 Å². The van der Waals surface area contributed by atoms with Crippen molar-refractivity contribution in [2.24, 2.45) is 0 Å². The van der Waals surface area contributed by atoms with Crippen molar-refractivity contribution in [1.29, 1.82) is 0 Å². The predicted molar refractivity (Wildman–Crippen MR) is 117 cm³/mol. The monoisotopic (exact) mass is 564 g/mol. The van der Waals surface area contributed by atoms with Crippen LogP contribution < -0.4 is 78.1 Å². The summed E-state index contributed by atoms with van der Waals surface area (Å²) in [4.78, 5) is 0. The maximum Gasteiger partial charge on any atom is 1.00 e. The van der Waals surface area contributed by atoms with E-state index in [1.54, 1.807) is 0 Å². The molecule has 0 unspecified atom stereocenters. The van der Waals surface area contributed by atoms with Crippen molar-refractivity contribution in [1.82, 2.24) is 0 Å². The molecule has 3 aromatic carbocycles. The van der Waals surface area contributed by atoms with Gasteiger partial charge in [0, 0.05) is 33.6 Å². The van der Waals surface area contributed by atoms with E-state index < -0.39 is 32.3 Å². The second-order valence-electron chi connectivity index (χ2n) is 6.09. The molecule has 0 radical (unpaired) electrons. The van der Waals surface area contributed by atoms with Crippen LogP contribution in [0.1, 0.15) is 0 Å². The van der Waals surface area contributed by atoms with Gasteiger partial charge >= 0.3 is 59.1 Å². The Bertz CT molecular complexity index is 1240. The minimum absolute atomic E-state index is 0. The van der Waals surface area contributed by atoms with Crippen LogP contribution in [0.3, 0.4) is 0 Å². The predicted octanol–water partition coefficient (Wildman–Crippen LogP) is -1.83. The minimum Gasteiger partial charge on any atom is -0.716 e. The summed E-state index contributed by atoms with van der Waals surface area (Å²) in [5.74, 6) is -0.996. The summed E-state index contributed by atoms with van der Waals surface area (Å²) in [6, 6.07) is 14.1. The van der Waals surface area contributed by atoms with Gasteiger partial charge in [0.15, 0.2) is 11.5 Å². The second kappa shape index (κ2) is 13.0. The van der Waals surface area contributed by atoms with Crippen molar-refractivity contribution in [2.75, 3.05) is 10.6 Å². The Morgan fingerprint density at radius 1 is 0.618 bits per heavy atom. The van der Waals surface area contributed by atoms with Crippen LogP contribution in [-0.2, 0) is 20.8 Å². The van der Waals surface area contributed by atoms with E-state index in [0.29, 0.717) is 21.4 Å². The third-order valence-corrected chi connectivity index (χ3v) is 4.98. The van der Waals surface area contributed by atoms with Crippen LogP contribution in [0.25, 0.3) is 0 Å². The first-order valence-corrected chi connectivity index (χ1v) is 11.8. The standard InChI is InChI=1S/C18H14Cl2N2O8S2.2Na/c19-11-1-5-13(6-2-11)21-15-9-18(30-32(26,27)28)16(10-17(15)29-31(23,24)25)22-14-7-3-12(20)4-8-14;;/h1-10,21-22H,(H,23,24,25)(H,26,27,28);;/q;2*+1/p-2. The number of anilines is 4. The Labute approximate surface area is 250 Å². The van der Waals surface area contributed by atoms with Crippen LogP contribution in [0.5, 0.6) is 11.5 Å². The zero-order valence-corrected chi connectivity index (χ0v) is 24.8. The third kappa shape index (κ3) is 10.1. The summed E-state index contributed by atoms with van der Waals surface area (Å²) >= 11 is 11.7. The molecule has 0 bridgehead atoms. The average molecular weight is 565 g/mol. The van der Waals surface area contributed by atoms with E-state index in [4.69, 9.17) is 23.2 Å². The smallest absolute Gasteiger partial charge is 0.716 e. The van der Waals surface area contributed by atoms with E-state index in [1.807, 2.05) is 0 Å². The summed E-state index contributed by atoms with van der Waals surface area (Å²) in [6.07, 6.45) is 0. The van der Waals surface area contributed by atoms with Gasteiger partial charge in [0.1, 0.15) is 0 Å². The molecule has 0 atom stereocenters. The Morgan fingerprint density at radius 3 is 1.18 bits per heavy atom. The van der Waals surface area contributed by atoms with E-state index in [-0.39, 0.29) is 70.5 Å². The molecule has 0 amide bonds. The van der Waals surface area contributed by atoms with Crippen molar-refractivity contribution in [3.8, 4) is 11.5 Å². The van der Waals surface area contributed by atoms with Crippen molar-refractivity contribution in [2.45, 2.75) is 0 Å². The summed E-state index contributed by atoms with van der Waals surface area (Å²) in [7, 11) is -10.4. The molecule has 0 fully saturated rings. The molecule has 16 heteroatoms. The summed E-state index contributed by atoms with van der Waals surface area (Å²) < 4.78 is 76.4. The van der Waals surface area contributed by atoms with Crippen LogP contribution in [0.2, 0.25) is 10.0 Å². The molecule has 34 heavy (non-hydrogen) atoms. The zero-order valence-electron chi connectivity index (χ0n) is 17.6. The Hall–Kier alpha value is -0.740. The second-order valence-corrected chi connectivity index (χ2v) is 8.93. The molecule has 170 valence electrons. The van der Waals surface area contributed by atoms with E-state index >= 15 is 0 Å². The molecule has 2 N–H and O–H groups in total. The van der Waals surface area contributed by atoms with E-state index in [0.717, 1.165) is 12.1 Å². The van der Waals surface area contributed by atoms with Gasteiger partial charge in [-0.25, -0.2) is 16.8 Å². The van der Waals surface area contributed by atoms with Crippen molar-refractivity contribution >= 4 is 66.7 Å². The maximum atomic E-state index is 11.2. The Kier molecular flexibility index (Phi) is 12.0. The molecule has 0 aromatic heterocycles. The van der Waals surface area contributed by atoms with E-state index in [9.17, 15) is 25.9 Å². The first-order chi connectivity index (χ1) is 14.9.